The standard InChI is InChI=1S/C13H19BClNO2.ClH/c1-12(2)13(3,4)18-14(17-12)10-7-6-9(16-5)8-11(10)15;/h6-8,16H,1-5H3;1H. The molecular formula is C13H20BCl2NO2. The highest BCUT2D eigenvalue weighted by atomic mass is 35.5. The minimum absolute atomic E-state index is 0. The molecule has 6 heteroatoms. The average Bonchev–Trinajstić information content (AvgIpc) is 2.47. The summed E-state index contributed by atoms with van der Waals surface area (Å²) in [6, 6.07) is 5.78. The van der Waals surface area contributed by atoms with Gasteiger partial charge in [0.05, 0.1) is 11.2 Å². The summed E-state index contributed by atoms with van der Waals surface area (Å²) in [7, 11) is 1.45. The van der Waals surface area contributed by atoms with Crippen LogP contribution < -0.4 is 10.8 Å². The van der Waals surface area contributed by atoms with Crippen molar-refractivity contribution in [3.8, 4) is 0 Å². The minimum atomic E-state index is -0.409. The van der Waals surface area contributed by atoms with Crippen molar-refractivity contribution in [2.45, 2.75) is 38.9 Å². The predicted molar refractivity (Wildman–Crippen MR) is 84.0 cm³/mol. The third-order valence-electron chi connectivity index (χ3n) is 3.80. The van der Waals surface area contributed by atoms with Crippen LogP contribution in [0.2, 0.25) is 5.02 Å². The molecule has 0 atom stereocenters. The van der Waals surface area contributed by atoms with Gasteiger partial charge in [0.25, 0.3) is 0 Å². The molecule has 1 N–H and O–H groups in total. The summed E-state index contributed by atoms with van der Waals surface area (Å²) >= 11 is 6.27. The van der Waals surface area contributed by atoms with Gasteiger partial charge in [0, 0.05) is 23.2 Å². The molecule has 0 amide bonds. The van der Waals surface area contributed by atoms with Gasteiger partial charge in [0.2, 0.25) is 0 Å². The fourth-order valence-corrected chi connectivity index (χ4v) is 2.11. The predicted octanol–water partition coefficient (Wildman–Crippen LogP) is 3.10. The summed E-state index contributed by atoms with van der Waals surface area (Å²) in [5.74, 6) is 0. The Kier molecular flexibility index (Phi) is 4.84. The fraction of sp³-hybridized carbons (Fsp3) is 0.538. The Morgan fingerprint density at radius 2 is 1.63 bits per heavy atom. The highest BCUT2D eigenvalue weighted by Crippen LogP contribution is 2.37. The second kappa shape index (κ2) is 5.53. The number of anilines is 1. The Labute approximate surface area is 126 Å². The van der Waals surface area contributed by atoms with Crippen molar-refractivity contribution in [1.29, 1.82) is 0 Å². The molecule has 0 radical (unpaired) electrons. The molecule has 1 aliphatic heterocycles. The largest absolute Gasteiger partial charge is 0.496 e. The van der Waals surface area contributed by atoms with E-state index in [1.807, 2.05) is 52.9 Å². The van der Waals surface area contributed by atoms with Gasteiger partial charge in [-0.05, 0) is 39.8 Å². The van der Waals surface area contributed by atoms with Crippen LogP contribution in [-0.2, 0) is 9.31 Å². The Balaban J connectivity index is 0.00000180. The normalized spacial score (nSPS) is 20.0. The van der Waals surface area contributed by atoms with Crippen molar-refractivity contribution in [3.05, 3.63) is 23.2 Å². The Morgan fingerprint density at radius 3 is 2.05 bits per heavy atom. The first kappa shape index (κ1) is 16.6. The lowest BCUT2D eigenvalue weighted by Gasteiger charge is -2.32. The highest BCUT2D eigenvalue weighted by Gasteiger charge is 2.52. The van der Waals surface area contributed by atoms with Gasteiger partial charge >= 0.3 is 7.12 Å². The van der Waals surface area contributed by atoms with E-state index in [2.05, 4.69) is 5.32 Å². The summed E-state index contributed by atoms with van der Waals surface area (Å²) < 4.78 is 12.0. The molecule has 1 saturated heterocycles. The third kappa shape index (κ3) is 3.02. The van der Waals surface area contributed by atoms with Gasteiger partial charge in [-0.3, -0.25) is 0 Å². The topological polar surface area (TPSA) is 30.5 Å². The van der Waals surface area contributed by atoms with Gasteiger partial charge in [-0.1, -0.05) is 17.7 Å². The van der Waals surface area contributed by atoms with E-state index < -0.39 is 7.12 Å². The van der Waals surface area contributed by atoms with Crippen molar-refractivity contribution in [2.75, 3.05) is 12.4 Å². The van der Waals surface area contributed by atoms with E-state index in [-0.39, 0.29) is 23.6 Å². The maximum atomic E-state index is 6.27. The zero-order chi connectivity index (χ0) is 13.6. The molecule has 0 unspecified atom stereocenters. The van der Waals surface area contributed by atoms with Crippen molar-refractivity contribution in [2.24, 2.45) is 0 Å². The molecular weight excluding hydrogens is 284 g/mol. The molecule has 1 fully saturated rings. The van der Waals surface area contributed by atoms with Gasteiger partial charge in [0.15, 0.2) is 0 Å². The summed E-state index contributed by atoms with van der Waals surface area (Å²) in [6.07, 6.45) is 0. The van der Waals surface area contributed by atoms with Crippen LogP contribution in [-0.4, -0.2) is 25.4 Å². The Morgan fingerprint density at radius 1 is 1.11 bits per heavy atom. The SMILES string of the molecule is CNc1ccc(B2OC(C)(C)C(C)(C)O2)c(Cl)c1.Cl. The minimum Gasteiger partial charge on any atom is -0.399 e. The molecule has 1 aromatic rings. The molecule has 0 bridgehead atoms. The Hall–Kier alpha value is -0.415. The van der Waals surface area contributed by atoms with E-state index in [0.717, 1.165) is 11.2 Å². The van der Waals surface area contributed by atoms with E-state index >= 15 is 0 Å². The maximum Gasteiger partial charge on any atom is 0.496 e. The van der Waals surface area contributed by atoms with Crippen LogP contribution in [0.5, 0.6) is 0 Å². The quantitative estimate of drug-likeness (QED) is 0.852. The molecule has 19 heavy (non-hydrogen) atoms. The maximum absolute atomic E-state index is 6.27. The van der Waals surface area contributed by atoms with Crippen LogP contribution in [0.1, 0.15) is 27.7 Å². The number of hydrogen-bond acceptors (Lipinski definition) is 3. The van der Waals surface area contributed by atoms with Crippen molar-refractivity contribution < 1.29 is 9.31 Å². The smallest absolute Gasteiger partial charge is 0.399 e. The van der Waals surface area contributed by atoms with Crippen molar-refractivity contribution in [3.63, 3.8) is 0 Å². The van der Waals surface area contributed by atoms with Gasteiger partial charge in [-0.15, -0.1) is 12.4 Å². The van der Waals surface area contributed by atoms with Crippen molar-refractivity contribution in [1.82, 2.24) is 0 Å². The number of halogens is 2. The van der Waals surface area contributed by atoms with Crippen LogP contribution in [0.3, 0.4) is 0 Å². The van der Waals surface area contributed by atoms with E-state index in [9.17, 15) is 0 Å². The molecule has 0 saturated carbocycles. The molecule has 1 aliphatic rings. The van der Waals surface area contributed by atoms with E-state index in [4.69, 9.17) is 20.9 Å². The lowest BCUT2D eigenvalue weighted by Crippen LogP contribution is -2.41. The number of rotatable bonds is 2. The molecule has 3 nitrogen and oxygen atoms in total. The van der Waals surface area contributed by atoms with Gasteiger partial charge in [-0.25, -0.2) is 0 Å². The number of hydrogen-bond donors (Lipinski definition) is 1. The molecule has 1 heterocycles. The van der Waals surface area contributed by atoms with Crippen LogP contribution in [0.15, 0.2) is 18.2 Å². The van der Waals surface area contributed by atoms with Crippen LogP contribution >= 0.6 is 24.0 Å². The number of benzene rings is 1. The van der Waals surface area contributed by atoms with Crippen LogP contribution in [0.25, 0.3) is 0 Å². The van der Waals surface area contributed by atoms with Crippen molar-refractivity contribution >= 4 is 42.3 Å². The lowest BCUT2D eigenvalue weighted by molar-refractivity contribution is 0.00578. The highest BCUT2D eigenvalue weighted by molar-refractivity contribution is 6.65. The van der Waals surface area contributed by atoms with E-state index in [0.29, 0.717) is 5.02 Å². The zero-order valence-electron chi connectivity index (χ0n) is 11.9. The van der Waals surface area contributed by atoms with Crippen LogP contribution in [0, 0.1) is 0 Å². The zero-order valence-corrected chi connectivity index (χ0v) is 13.5. The number of nitrogens with one attached hydrogen (secondary N) is 1. The molecule has 1 aromatic carbocycles. The molecule has 0 spiro atoms. The van der Waals surface area contributed by atoms with Gasteiger partial charge in [-0.2, -0.15) is 0 Å². The second-order valence-electron chi connectivity index (χ2n) is 5.57. The first-order valence-electron chi connectivity index (χ1n) is 6.10. The van der Waals surface area contributed by atoms with Gasteiger partial charge in [0.1, 0.15) is 0 Å². The third-order valence-corrected chi connectivity index (χ3v) is 4.12. The molecule has 0 aliphatic carbocycles. The Bertz CT molecular complexity index is 450. The molecule has 0 aromatic heterocycles. The van der Waals surface area contributed by atoms with Gasteiger partial charge < -0.3 is 14.6 Å². The second-order valence-corrected chi connectivity index (χ2v) is 5.98. The summed E-state index contributed by atoms with van der Waals surface area (Å²) in [6.45, 7) is 8.12. The fourth-order valence-electron chi connectivity index (χ4n) is 1.84. The molecule has 2 rings (SSSR count). The summed E-state index contributed by atoms with van der Waals surface area (Å²) in [5.41, 5.74) is 1.15. The first-order chi connectivity index (χ1) is 8.27. The summed E-state index contributed by atoms with van der Waals surface area (Å²) in [5, 5.41) is 3.71. The van der Waals surface area contributed by atoms with Crippen LogP contribution in [0.4, 0.5) is 5.69 Å². The first-order valence-corrected chi connectivity index (χ1v) is 6.47. The molecule has 106 valence electrons. The van der Waals surface area contributed by atoms with E-state index in [1.54, 1.807) is 0 Å². The average molecular weight is 304 g/mol. The lowest BCUT2D eigenvalue weighted by atomic mass is 9.79. The monoisotopic (exact) mass is 303 g/mol. The summed E-state index contributed by atoms with van der Waals surface area (Å²) in [4.78, 5) is 0. The van der Waals surface area contributed by atoms with E-state index in [1.165, 1.54) is 0 Å².